The van der Waals surface area contributed by atoms with Gasteiger partial charge in [0.25, 0.3) is 0 Å². The van der Waals surface area contributed by atoms with Crippen molar-refractivity contribution >= 4 is 22.9 Å². The second kappa shape index (κ2) is 5.38. The molecule has 0 saturated heterocycles. The monoisotopic (exact) mass is 278 g/mol. The van der Waals surface area contributed by atoms with Crippen molar-refractivity contribution in [3.05, 3.63) is 44.4 Å². The Morgan fingerprint density at radius 1 is 1.44 bits per heavy atom. The third-order valence-electron chi connectivity index (χ3n) is 2.49. The first-order chi connectivity index (χ1) is 8.60. The number of aryl methyl sites for hydroxylation is 2. The van der Waals surface area contributed by atoms with Gasteiger partial charge in [-0.2, -0.15) is 5.26 Å². The molecule has 92 valence electrons. The summed E-state index contributed by atoms with van der Waals surface area (Å²) in [6, 6.07) is 7.04. The molecule has 0 N–H and O–H groups in total. The molecule has 1 aromatic heterocycles. The van der Waals surface area contributed by atoms with E-state index in [1.807, 2.05) is 13.8 Å². The molecule has 0 fully saturated rings. The molecule has 0 aliphatic rings. The Hall–Kier alpha value is -1.57. The first kappa shape index (κ1) is 12.9. The van der Waals surface area contributed by atoms with Crippen LogP contribution in [0, 0.1) is 25.2 Å². The first-order valence-corrected chi connectivity index (χ1v) is 6.55. The zero-order chi connectivity index (χ0) is 13.1. The van der Waals surface area contributed by atoms with Crippen LogP contribution in [0.1, 0.15) is 21.1 Å². The lowest BCUT2D eigenvalue weighted by Gasteiger charge is -2.06. The molecule has 1 heterocycles. The normalized spacial score (nSPS) is 10.1. The molecule has 18 heavy (non-hydrogen) atoms. The largest absolute Gasteiger partial charge is 0.485 e. The summed E-state index contributed by atoms with van der Waals surface area (Å²) in [6.45, 7) is 4.35. The van der Waals surface area contributed by atoms with E-state index in [2.05, 4.69) is 11.1 Å². The second-order valence-corrected chi connectivity index (χ2v) is 5.51. The third kappa shape index (κ3) is 2.81. The van der Waals surface area contributed by atoms with Gasteiger partial charge in [0.1, 0.15) is 23.4 Å². The van der Waals surface area contributed by atoms with Crippen molar-refractivity contribution in [3.8, 4) is 11.8 Å². The SMILES string of the molecule is Cc1nc(COc2cc(Cl)ccc2C#N)sc1C. The first-order valence-electron chi connectivity index (χ1n) is 5.35. The van der Waals surface area contributed by atoms with E-state index in [0.717, 1.165) is 10.7 Å². The molecule has 0 amide bonds. The number of nitrogens with zero attached hydrogens (tertiary/aromatic N) is 2. The molecule has 0 bridgehead atoms. The number of hydrogen-bond donors (Lipinski definition) is 0. The van der Waals surface area contributed by atoms with Crippen LogP contribution in [0.25, 0.3) is 0 Å². The van der Waals surface area contributed by atoms with E-state index in [4.69, 9.17) is 21.6 Å². The number of thiazole rings is 1. The maximum absolute atomic E-state index is 8.97. The minimum atomic E-state index is 0.356. The second-order valence-electron chi connectivity index (χ2n) is 3.79. The Morgan fingerprint density at radius 2 is 2.22 bits per heavy atom. The van der Waals surface area contributed by atoms with Crippen LogP contribution in [0.3, 0.4) is 0 Å². The smallest absolute Gasteiger partial charge is 0.140 e. The molecule has 0 radical (unpaired) electrons. The van der Waals surface area contributed by atoms with Crippen LogP contribution in [-0.4, -0.2) is 4.98 Å². The Labute approximate surface area is 115 Å². The summed E-state index contributed by atoms with van der Waals surface area (Å²) in [5.41, 5.74) is 1.50. The van der Waals surface area contributed by atoms with Gasteiger partial charge in [-0.1, -0.05) is 11.6 Å². The number of hydrogen-bond acceptors (Lipinski definition) is 4. The van der Waals surface area contributed by atoms with Crippen molar-refractivity contribution < 1.29 is 4.74 Å². The molecule has 5 heteroatoms. The summed E-state index contributed by atoms with van der Waals surface area (Å²) >= 11 is 7.48. The third-order valence-corrected chi connectivity index (χ3v) is 3.77. The van der Waals surface area contributed by atoms with Gasteiger partial charge in [0.05, 0.1) is 11.3 Å². The van der Waals surface area contributed by atoms with Gasteiger partial charge in [-0.15, -0.1) is 11.3 Å². The topological polar surface area (TPSA) is 45.9 Å². The average molecular weight is 279 g/mol. The molecular formula is C13H11ClN2OS. The number of nitriles is 1. The van der Waals surface area contributed by atoms with Gasteiger partial charge in [0.15, 0.2) is 0 Å². The predicted octanol–water partition coefficient (Wildman–Crippen LogP) is 3.86. The van der Waals surface area contributed by atoms with E-state index in [-0.39, 0.29) is 0 Å². The number of benzene rings is 1. The number of aromatic nitrogens is 1. The standard InChI is InChI=1S/C13H11ClN2OS/c1-8-9(2)18-13(16-8)7-17-12-5-11(14)4-3-10(12)6-15/h3-5H,7H2,1-2H3. The van der Waals surface area contributed by atoms with Gasteiger partial charge >= 0.3 is 0 Å². The van der Waals surface area contributed by atoms with Gasteiger partial charge in [0, 0.05) is 16.0 Å². The number of ether oxygens (including phenoxy) is 1. The Balaban J connectivity index is 2.15. The maximum atomic E-state index is 8.97. The van der Waals surface area contributed by atoms with Crippen molar-refractivity contribution in [2.45, 2.75) is 20.5 Å². The van der Waals surface area contributed by atoms with Crippen LogP contribution < -0.4 is 4.74 Å². The lowest BCUT2D eigenvalue weighted by Crippen LogP contribution is -1.97. The zero-order valence-corrected chi connectivity index (χ0v) is 11.6. The maximum Gasteiger partial charge on any atom is 0.140 e. The molecule has 0 aliphatic carbocycles. The van der Waals surface area contributed by atoms with Crippen molar-refractivity contribution in [3.63, 3.8) is 0 Å². The highest BCUT2D eigenvalue weighted by molar-refractivity contribution is 7.11. The Morgan fingerprint density at radius 3 is 2.83 bits per heavy atom. The average Bonchev–Trinajstić information content (AvgIpc) is 2.66. The van der Waals surface area contributed by atoms with E-state index >= 15 is 0 Å². The fourth-order valence-electron chi connectivity index (χ4n) is 1.45. The molecular weight excluding hydrogens is 268 g/mol. The highest BCUT2D eigenvalue weighted by Gasteiger charge is 2.07. The number of rotatable bonds is 3. The number of halogens is 1. The highest BCUT2D eigenvalue weighted by Crippen LogP contribution is 2.25. The predicted molar refractivity (Wildman–Crippen MR) is 72.1 cm³/mol. The molecule has 0 unspecified atom stereocenters. The lowest BCUT2D eigenvalue weighted by molar-refractivity contribution is 0.304. The van der Waals surface area contributed by atoms with Crippen molar-refractivity contribution in [1.82, 2.24) is 4.98 Å². The van der Waals surface area contributed by atoms with Crippen LogP contribution in [0.5, 0.6) is 5.75 Å². The summed E-state index contributed by atoms with van der Waals surface area (Å²) in [6.07, 6.45) is 0. The Bertz CT molecular complexity index is 596. The van der Waals surface area contributed by atoms with Crippen molar-refractivity contribution in [1.29, 1.82) is 5.26 Å². The van der Waals surface area contributed by atoms with Gasteiger partial charge in [-0.25, -0.2) is 4.98 Å². The van der Waals surface area contributed by atoms with E-state index in [1.165, 1.54) is 4.88 Å². The molecule has 0 saturated carbocycles. The summed E-state index contributed by atoms with van der Waals surface area (Å²) in [7, 11) is 0. The summed E-state index contributed by atoms with van der Waals surface area (Å²) < 4.78 is 5.60. The minimum Gasteiger partial charge on any atom is -0.485 e. The Kier molecular flexibility index (Phi) is 3.85. The van der Waals surface area contributed by atoms with Crippen LogP contribution in [-0.2, 0) is 6.61 Å². The summed E-state index contributed by atoms with van der Waals surface area (Å²) in [5.74, 6) is 0.496. The lowest BCUT2D eigenvalue weighted by atomic mass is 10.2. The zero-order valence-electron chi connectivity index (χ0n) is 10.0. The van der Waals surface area contributed by atoms with Gasteiger partial charge in [0.2, 0.25) is 0 Å². The van der Waals surface area contributed by atoms with Crippen LogP contribution in [0.4, 0.5) is 0 Å². The minimum absolute atomic E-state index is 0.356. The molecule has 0 atom stereocenters. The molecule has 3 nitrogen and oxygen atoms in total. The van der Waals surface area contributed by atoms with Gasteiger partial charge < -0.3 is 4.74 Å². The molecule has 2 aromatic rings. The highest BCUT2D eigenvalue weighted by atomic mass is 35.5. The molecule has 0 aliphatic heterocycles. The van der Waals surface area contributed by atoms with E-state index in [0.29, 0.717) is 22.9 Å². The van der Waals surface area contributed by atoms with E-state index in [9.17, 15) is 0 Å². The summed E-state index contributed by atoms with van der Waals surface area (Å²) in [5, 5.41) is 10.4. The fraction of sp³-hybridized carbons (Fsp3) is 0.231. The van der Waals surface area contributed by atoms with Crippen LogP contribution in [0.15, 0.2) is 18.2 Å². The molecule has 0 spiro atoms. The molecule has 2 rings (SSSR count). The van der Waals surface area contributed by atoms with Gasteiger partial charge in [-0.3, -0.25) is 0 Å². The van der Waals surface area contributed by atoms with Crippen LogP contribution >= 0.6 is 22.9 Å². The quantitative estimate of drug-likeness (QED) is 0.856. The fourth-order valence-corrected chi connectivity index (χ4v) is 2.46. The summed E-state index contributed by atoms with van der Waals surface area (Å²) in [4.78, 5) is 5.56. The van der Waals surface area contributed by atoms with E-state index < -0.39 is 0 Å². The van der Waals surface area contributed by atoms with Crippen molar-refractivity contribution in [2.75, 3.05) is 0 Å². The van der Waals surface area contributed by atoms with E-state index in [1.54, 1.807) is 29.5 Å². The van der Waals surface area contributed by atoms with Crippen molar-refractivity contribution in [2.24, 2.45) is 0 Å². The molecule has 1 aromatic carbocycles. The van der Waals surface area contributed by atoms with Crippen LogP contribution in [0.2, 0.25) is 5.02 Å². The van der Waals surface area contributed by atoms with Gasteiger partial charge in [-0.05, 0) is 26.0 Å².